The van der Waals surface area contributed by atoms with Gasteiger partial charge < -0.3 is 24.4 Å². The maximum absolute atomic E-state index is 12.8. The highest BCUT2D eigenvalue weighted by Crippen LogP contribution is 2.40. The van der Waals surface area contributed by atoms with Crippen LogP contribution >= 0.6 is 11.8 Å². The van der Waals surface area contributed by atoms with Crippen LogP contribution in [0.1, 0.15) is 15.9 Å². The van der Waals surface area contributed by atoms with Crippen molar-refractivity contribution in [3.05, 3.63) is 46.5 Å². The predicted molar refractivity (Wildman–Crippen MR) is 130 cm³/mol. The van der Waals surface area contributed by atoms with Crippen molar-refractivity contribution in [2.75, 3.05) is 53.4 Å². The van der Waals surface area contributed by atoms with Crippen LogP contribution in [0, 0.1) is 0 Å². The number of ether oxygens (including phenoxy) is 3. The summed E-state index contributed by atoms with van der Waals surface area (Å²) >= 11 is 0.831. The summed E-state index contributed by atoms with van der Waals surface area (Å²) < 4.78 is 16.0. The molecule has 1 aromatic heterocycles. The van der Waals surface area contributed by atoms with Crippen molar-refractivity contribution in [3.8, 4) is 17.2 Å². The van der Waals surface area contributed by atoms with Crippen LogP contribution < -0.4 is 24.4 Å². The molecule has 3 amide bonds. The highest BCUT2D eigenvalue weighted by Gasteiger charge is 2.35. The lowest BCUT2D eigenvalue weighted by molar-refractivity contribution is -0.122. The van der Waals surface area contributed by atoms with Gasteiger partial charge in [0.2, 0.25) is 5.75 Å². The normalized spacial score (nSPS) is 14.4. The zero-order chi connectivity index (χ0) is 24.8. The fourth-order valence-corrected chi connectivity index (χ4v) is 4.20. The molecule has 1 saturated heterocycles. The Hall–Kier alpha value is -3.73. The molecule has 10 nitrogen and oxygen atoms in total. The van der Waals surface area contributed by atoms with Gasteiger partial charge in [0.05, 0.1) is 31.8 Å². The molecule has 3 rings (SSSR count). The van der Waals surface area contributed by atoms with Gasteiger partial charge in [0.25, 0.3) is 17.1 Å². The third kappa shape index (κ3) is 5.25. The first-order valence-electron chi connectivity index (χ1n) is 10.3. The predicted octanol–water partition coefficient (Wildman–Crippen LogP) is 2.64. The topological polar surface area (TPSA) is 110 Å². The van der Waals surface area contributed by atoms with Gasteiger partial charge in [0.1, 0.15) is 5.82 Å². The van der Waals surface area contributed by atoms with Crippen molar-refractivity contribution in [1.82, 2.24) is 15.2 Å². The number of carbonyl (C=O) groups excluding carboxylic acids is 3. The Kier molecular flexibility index (Phi) is 8.00. The van der Waals surface area contributed by atoms with Crippen LogP contribution in [-0.4, -0.2) is 75.5 Å². The number of hydrogen-bond acceptors (Lipinski definition) is 9. The van der Waals surface area contributed by atoms with Crippen molar-refractivity contribution in [2.24, 2.45) is 0 Å². The van der Waals surface area contributed by atoms with Crippen molar-refractivity contribution in [1.29, 1.82) is 0 Å². The van der Waals surface area contributed by atoms with Gasteiger partial charge in [0.15, 0.2) is 11.5 Å². The Morgan fingerprint density at radius 3 is 2.41 bits per heavy atom. The first-order chi connectivity index (χ1) is 16.3. The number of amides is 3. The molecule has 180 valence electrons. The van der Waals surface area contributed by atoms with Gasteiger partial charge in [-0.25, -0.2) is 4.98 Å². The minimum absolute atomic E-state index is 0.0422. The fraction of sp³-hybridized carbons (Fsp3) is 0.304. The lowest BCUT2D eigenvalue weighted by Crippen LogP contribution is -2.37. The third-order valence-corrected chi connectivity index (χ3v) is 5.84. The second kappa shape index (κ2) is 10.9. The maximum atomic E-state index is 12.8. The number of methoxy groups -OCH3 is 3. The monoisotopic (exact) mass is 486 g/mol. The van der Waals surface area contributed by atoms with E-state index in [-0.39, 0.29) is 23.9 Å². The fourth-order valence-electron chi connectivity index (χ4n) is 3.34. The zero-order valence-electron chi connectivity index (χ0n) is 19.6. The molecule has 2 heterocycles. The number of anilines is 1. The third-order valence-electron chi connectivity index (χ3n) is 4.93. The van der Waals surface area contributed by atoms with Crippen molar-refractivity contribution < 1.29 is 28.6 Å². The van der Waals surface area contributed by atoms with E-state index < -0.39 is 11.1 Å². The molecule has 0 atom stereocenters. The molecule has 11 heteroatoms. The Balaban J connectivity index is 1.70. The van der Waals surface area contributed by atoms with E-state index in [0.717, 1.165) is 16.7 Å². The van der Waals surface area contributed by atoms with E-state index >= 15 is 0 Å². The van der Waals surface area contributed by atoms with E-state index in [1.54, 1.807) is 55.5 Å². The van der Waals surface area contributed by atoms with Crippen LogP contribution in [0.4, 0.5) is 10.6 Å². The van der Waals surface area contributed by atoms with E-state index in [0.29, 0.717) is 34.2 Å². The second-order valence-electron chi connectivity index (χ2n) is 7.32. The number of imide groups is 1. The number of pyridine rings is 1. The summed E-state index contributed by atoms with van der Waals surface area (Å²) in [6, 6.07) is 6.71. The molecule has 0 aliphatic carbocycles. The van der Waals surface area contributed by atoms with Crippen LogP contribution in [0.25, 0.3) is 6.08 Å². The van der Waals surface area contributed by atoms with Gasteiger partial charge in [-0.1, -0.05) is 0 Å². The quantitative estimate of drug-likeness (QED) is 0.535. The van der Waals surface area contributed by atoms with Crippen LogP contribution in [0.2, 0.25) is 0 Å². The largest absolute Gasteiger partial charge is 0.493 e. The van der Waals surface area contributed by atoms with Gasteiger partial charge in [-0.05, 0) is 47.7 Å². The minimum atomic E-state index is -0.437. The van der Waals surface area contributed by atoms with E-state index in [2.05, 4.69) is 10.3 Å². The summed E-state index contributed by atoms with van der Waals surface area (Å²) in [5.74, 6) is 1.05. The van der Waals surface area contributed by atoms with E-state index in [1.807, 2.05) is 0 Å². The van der Waals surface area contributed by atoms with E-state index in [4.69, 9.17) is 14.2 Å². The van der Waals surface area contributed by atoms with Crippen LogP contribution in [0.5, 0.6) is 17.2 Å². The van der Waals surface area contributed by atoms with Crippen LogP contribution in [0.15, 0.2) is 35.4 Å². The molecule has 0 spiro atoms. The van der Waals surface area contributed by atoms with E-state index in [9.17, 15) is 14.4 Å². The molecular weight excluding hydrogens is 460 g/mol. The molecule has 1 N–H and O–H groups in total. The number of hydrogen-bond donors (Lipinski definition) is 1. The average molecular weight is 487 g/mol. The zero-order valence-corrected chi connectivity index (χ0v) is 20.4. The first kappa shape index (κ1) is 24.9. The molecule has 0 radical (unpaired) electrons. The molecule has 0 bridgehead atoms. The van der Waals surface area contributed by atoms with Crippen LogP contribution in [-0.2, 0) is 4.79 Å². The van der Waals surface area contributed by atoms with Gasteiger partial charge in [-0.3, -0.25) is 19.3 Å². The van der Waals surface area contributed by atoms with Gasteiger partial charge in [-0.2, -0.15) is 0 Å². The molecule has 1 fully saturated rings. The summed E-state index contributed by atoms with van der Waals surface area (Å²) in [4.78, 5) is 45.2. The Bertz CT molecular complexity index is 1110. The number of thioether (sulfide) groups is 1. The molecule has 0 unspecified atom stereocenters. The Morgan fingerprint density at radius 2 is 1.82 bits per heavy atom. The summed E-state index contributed by atoms with van der Waals surface area (Å²) in [6.45, 7) is 0.149. The minimum Gasteiger partial charge on any atom is -0.493 e. The summed E-state index contributed by atoms with van der Waals surface area (Å²) in [5, 5.41) is 2.33. The standard InChI is InChI=1S/C23H26N4O6S/c1-26(2)20-15(7-6-8-24-20)21(28)25-9-10-27-22(29)18(34-23(27)30)13-14-11-16(31-3)19(33-5)17(12-14)32-4/h6-8,11-13H,9-10H2,1-5H3,(H,25,28)/b18-13-. The SMILES string of the molecule is COc1cc(/C=C2\SC(=O)N(CCNC(=O)c3cccnc3N(C)C)C2=O)cc(OC)c1OC. The number of nitrogens with one attached hydrogen (secondary N) is 1. The highest BCUT2D eigenvalue weighted by atomic mass is 32.2. The van der Waals surface area contributed by atoms with Crippen molar-refractivity contribution in [2.45, 2.75) is 0 Å². The second-order valence-corrected chi connectivity index (χ2v) is 8.31. The van der Waals surface area contributed by atoms with Crippen molar-refractivity contribution >= 4 is 40.7 Å². The Morgan fingerprint density at radius 1 is 1.15 bits per heavy atom. The molecule has 34 heavy (non-hydrogen) atoms. The summed E-state index contributed by atoms with van der Waals surface area (Å²) in [5.41, 5.74) is 1.02. The van der Waals surface area contributed by atoms with E-state index in [1.165, 1.54) is 21.3 Å². The summed E-state index contributed by atoms with van der Waals surface area (Å²) in [6.07, 6.45) is 3.19. The molecule has 2 aromatic rings. The van der Waals surface area contributed by atoms with Gasteiger partial charge in [-0.15, -0.1) is 0 Å². The number of aromatic nitrogens is 1. The molecule has 1 aliphatic rings. The number of benzene rings is 1. The summed E-state index contributed by atoms with van der Waals surface area (Å²) in [7, 11) is 8.08. The molecule has 0 saturated carbocycles. The average Bonchev–Trinajstić information content (AvgIpc) is 3.10. The number of nitrogens with zero attached hydrogens (tertiary/aromatic N) is 3. The van der Waals surface area contributed by atoms with Gasteiger partial charge in [0, 0.05) is 33.4 Å². The lowest BCUT2D eigenvalue weighted by atomic mass is 10.1. The van der Waals surface area contributed by atoms with Crippen LogP contribution in [0.3, 0.4) is 0 Å². The molecule has 1 aromatic carbocycles. The first-order valence-corrected chi connectivity index (χ1v) is 11.1. The number of carbonyl (C=O) groups is 3. The van der Waals surface area contributed by atoms with Gasteiger partial charge >= 0.3 is 0 Å². The van der Waals surface area contributed by atoms with Crippen molar-refractivity contribution in [3.63, 3.8) is 0 Å². The lowest BCUT2D eigenvalue weighted by Gasteiger charge is -2.16. The maximum Gasteiger partial charge on any atom is 0.293 e. The molecular formula is C23H26N4O6S. The highest BCUT2D eigenvalue weighted by molar-refractivity contribution is 8.18. The smallest absolute Gasteiger partial charge is 0.293 e. The number of rotatable bonds is 9. The molecule has 1 aliphatic heterocycles. The Labute approximate surface area is 201 Å².